The predicted molar refractivity (Wildman–Crippen MR) is 56.7 cm³/mol. The monoisotopic (exact) mass is 254 g/mol. The lowest BCUT2D eigenvalue weighted by Gasteiger charge is -1.98. The van der Waals surface area contributed by atoms with Gasteiger partial charge in [-0.2, -0.15) is 0 Å². The molecule has 0 spiro atoms. The summed E-state index contributed by atoms with van der Waals surface area (Å²) in [5.41, 5.74) is 2.13. The van der Waals surface area contributed by atoms with E-state index in [1.807, 2.05) is 0 Å². The maximum Gasteiger partial charge on any atom is 0.291 e. The number of anilines is 1. The number of carbonyl (C=O) groups is 1. The zero-order valence-corrected chi connectivity index (χ0v) is 8.96. The smallest absolute Gasteiger partial charge is 0.291 e. The second-order valence-corrected chi connectivity index (χ2v) is 3.53. The van der Waals surface area contributed by atoms with E-state index in [0.717, 1.165) is 5.52 Å². The average molecular weight is 255 g/mol. The molecule has 0 saturated heterocycles. The molecule has 72 valence electrons. The van der Waals surface area contributed by atoms with Crippen LogP contribution in [0.5, 0.6) is 0 Å². The molecular formula is C9H7BrN2O2. The quantitative estimate of drug-likeness (QED) is 0.629. The highest BCUT2D eigenvalue weighted by Crippen LogP contribution is 2.20. The molecule has 0 fully saturated rings. The van der Waals surface area contributed by atoms with Gasteiger partial charge in [0.2, 0.25) is 0 Å². The van der Waals surface area contributed by atoms with Gasteiger partial charge in [0.05, 0.1) is 0 Å². The molecule has 2 rings (SSSR count). The summed E-state index contributed by atoms with van der Waals surface area (Å²) in [7, 11) is 0. The molecule has 0 unspecified atom stereocenters. The Morgan fingerprint density at radius 1 is 1.57 bits per heavy atom. The molecule has 5 heteroatoms. The standard InChI is InChI=1S/C9H7BrN2O2/c1-5-11-7-3-2-6(12-9(10)13)4-8(7)14-5/h2-4H,1H3,(H,12,13). The van der Waals surface area contributed by atoms with Gasteiger partial charge in [-0.15, -0.1) is 0 Å². The molecule has 2 aromatic rings. The molecule has 0 saturated carbocycles. The first kappa shape index (κ1) is 9.21. The number of amides is 1. The van der Waals surface area contributed by atoms with Gasteiger partial charge in [-0.05, 0) is 12.1 Å². The van der Waals surface area contributed by atoms with E-state index >= 15 is 0 Å². The fourth-order valence-electron chi connectivity index (χ4n) is 1.23. The lowest BCUT2D eigenvalue weighted by atomic mass is 10.3. The SMILES string of the molecule is Cc1nc2ccc(NC(=O)Br)cc2o1. The van der Waals surface area contributed by atoms with Crippen molar-refractivity contribution in [2.24, 2.45) is 0 Å². The van der Waals surface area contributed by atoms with Gasteiger partial charge in [-0.25, -0.2) is 4.98 Å². The van der Waals surface area contributed by atoms with Crippen LogP contribution in [0.1, 0.15) is 5.89 Å². The number of nitrogens with one attached hydrogen (secondary N) is 1. The fourth-order valence-corrected chi connectivity index (χ4v) is 1.46. The van der Waals surface area contributed by atoms with Crippen LogP contribution in [-0.4, -0.2) is 9.80 Å². The van der Waals surface area contributed by atoms with Crippen molar-refractivity contribution in [3.63, 3.8) is 0 Å². The van der Waals surface area contributed by atoms with Crippen LogP contribution in [0.15, 0.2) is 22.6 Å². The zero-order chi connectivity index (χ0) is 10.1. The highest BCUT2D eigenvalue weighted by molar-refractivity contribution is 9.18. The number of carbonyl (C=O) groups excluding carboxylic acids is 1. The summed E-state index contributed by atoms with van der Waals surface area (Å²) in [6.07, 6.45) is 0. The highest BCUT2D eigenvalue weighted by atomic mass is 79.9. The van der Waals surface area contributed by atoms with Crippen molar-refractivity contribution in [1.82, 2.24) is 4.98 Å². The van der Waals surface area contributed by atoms with Crippen LogP contribution in [-0.2, 0) is 0 Å². The summed E-state index contributed by atoms with van der Waals surface area (Å²) in [6, 6.07) is 5.29. The molecule has 0 aliphatic carbocycles. The van der Waals surface area contributed by atoms with E-state index in [2.05, 4.69) is 26.2 Å². The molecule has 0 atom stereocenters. The number of oxazole rings is 1. The number of fused-ring (bicyclic) bond motifs is 1. The van der Waals surface area contributed by atoms with Crippen LogP contribution < -0.4 is 5.32 Å². The Bertz CT molecular complexity index is 493. The first-order chi connectivity index (χ1) is 6.65. The summed E-state index contributed by atoms with van der Waals surface area (Å²) >= 11 is 2.78. The van der Waals surface area contributed by atoms with E-state index in [9.17, 15) is 4.79 Å². The maximum absolute atomic E-state index is 10.7. The average Bonchev–Trinajstić information content (AvgIpc) is 2.42. The normalized spacial score (nSPS) is 10.4. The van der Waals surface area contributed by atoms with Crippen molar-refractivity contribution in [3.05, 3.63) is 24.1 Å². The molecule has 1 aromatic heterocycles. The van der Waals surface area contributed by atoms with Gasteiger partial charge >= 0.3 is 0 Å². The topological polar surface area (TPSA) is 55.1 Å². The first-order valence-corrected chi connectivity index (χ1v) is 4.78. The Hall–Kier alpha value is -1.36. The van der Waals surface area contributed by atoms with Crippen LogP contribution in [0.3, 0.4) is 0 Å². The van der Waals surface area contributed by atoms with E-state index in [0.29, 0.717) is 17.2 Å². The summed E-state index contributed by atoms with van der Waals surface area (Å²) in [5, 5.41) is 2.60. The number of nitrogens with zero attached hydrogens (tertiary/aromatic N) is 1. The van der Waals surface area contributed by atoms with Crippen LogP contribution in [0.25, 0.3) is 11.1 Å². The molecule has 4 nitrogen and oxygen atoms in total. The molecule has 0 bridgehead atoms. The third kappa shape index (κ3) is 1.77. The summed E-state index contributed by atoms with van der Waals surface area (Å²) in [5.74, 6) is 0.613. The van der Waals surface area contributed by atoms with Crippen LogP contribution in [0.2, 0.25) is 0 Å². The Morgan fingerprint density at radius 2 is 2.36 bits per heavy atom. The van der Waals surface area contributed by atoms with Crippen LogP contribution >= 0.6 is 15.9 Å². The second kappa shape index (κ2) is 3.42. The van der Waals surface area contributed by atoms with Gasteiger partial charge < -0.3 is 9.73 Å². The molecule has 0 aliphatic heterocycles. The largest absolute Gasteiger partial charge is 0.441 e. The number of hydrogen-bond donors (Lipinski definition) is 1. The lowest BCUT2D eigenvalue weighted by molar-refractivity contribution is 0.270. The second-order valence-electron chi connectivity index (χ2n) is 2.81. The molecule has 1 aromatic carbocycles. The molecule has 1 heterocycles. The maximum atomic E-state index is 10.7. The Morgan fingerprint density at radius 3 is 3.07 bits per heavy atom. The molecule has 0 aliphatic rings. The number of hydrogen-bond acceptors (Lipinski definition) is 3. The molecule has 1 N–H and O–H groups in total. The Balaban J connectivity index is 2.45. The summed E-state index contributed by atoms with van der Waals surface area (Å²) < 4.78 is 5.31. The zero-order valence-electron chi connectivity index (χ0n) is 7.37. The van der Waals surface area contributed by atoms with Crippen molar-refractivity contribution < 1.29 is 9.21 Å². The van der Waals surface area contributed by atoms with E-state index in [1.165, 1.54) is 0 Å². The Kier molecular flexibility index (Phi) is 2.25. The molecule has 14 heavy (non-hydrogen) atoms. The van der Waals surface area contributed by atoms with E-state index in [1.54, 1.807) is 25.1 Å². The van der Waals surface area contributed by atoms with Gasteiger partial charge in [0.25, 0.3) is 4.82 Å². The minimum atomic E-state index is -0.284. The minimum Gasteiger partial charge on any atom is -0.441 e. The van der Waals surface area contributed by atoms with E-state index in [4.69, 9.17) is 4.42 Å². The van der Waals surface area contributed by atoms with Gasteiger partial charge in [-0.3, -0.25) is 4.79 Å². The number of halogens is 1. The Labute approximate surface area is 88.4 Å². The predicted octanol–water partition coefficient (Wildman–Crippen LogP) is 3.06. The van der Waals surface area contributed by atoms with Gasteiger partial charge in [-0.1, -0.05) is 0 Å². The molecule has 0 radical (unpaired) electrons. The third-order valence-electron chi connectivity index (χ3n) is 1.74. The van der Waals surface area contributed by atoms with E-state index < -0.39 is 0 Å². The van der Waals surface area contributed by atoms with Crippen molar-refractivity contribution in [3.8, 4) is 0 Å². The summed E-state index contributed by atoms with van der Waals surface area (Å²) in [4.78, 5) is 14.6. The van der Waals surface area contributed by atoms with Gasteiger partial charge in [0, 0.05) is 34.6 Å². The molecular weight excluding hydrogens is 248 g/mol. The van der Waals surface area contributed by atoms with Gasteiger partial charge in [0.1, 0.15) is 5.52 Å². The minimum absolute atomic E-state index is 0.284. The van der Waals surface area contributed by atoms with Gasteiger partial charge in [0.15, 0.2) is 11.5 Å². The van der Waals surface area contributed by atoms with Crippen LogP contribution in [0.4, 0.5) is 10.5 Å². The summed E-state index contributed by atoms with van der Waals surface area (Å²) in [6.45, 7) is 1.78. The van der Waals surface area contributed by atoms with Crippen molar-refractivity contribution in [2.45, 2.75) is 6.92 Å². The third-order valence-corrected chi connectivity index (χ3v) is 1.94. The number of aromatic nitrogens is 1. The van der Waals surface area contributed by atoms with Crippen LogP contribution in [0, 0.1) is 6.92 Å². The molecule has 1 amide bonds. The fraction of sp³-hybridized carbons (Fsp3) is 0.111. The first-order valence-electron chi connectivity index (χ1n) is 3.99. The lowest BCUT2D eigenvalue weighted by Crippen LogP contribution is -1.99. The number of rotatable bonds is 1. The van der Waals surface area contributed by atoms with E-state index in [-0.39, 0.29) is 4.82 Å². The van der Waals surface area contributed by atoms with Crippen molar-refractivity contribution in [1.29, 1.82) is 0 Å². The highest BCUT2D eigenvalue weighted by Gasteiger charge is 2.03. The number of benzene rings is 1. The van der Waals surface area contributed by atoms with Crippen molar-refractivity contribution >= 4 is 37.5 Å². The van der Waals surface area contributed by atoms with Crippen molar-refractivity contribution in [2.75, 3.05) is 5.32 Å². The number of aryl methyl sites for hydroxylation is 1.